The fourth-order valence-electron chi connectivity index (χ4n) is 0.871. The van der Waals surface area contributed by atoms with Crippen molar-refractivity contribution < 1.29 is 13.7 Å². The molecule has 0 saturated carbocycles. The van der Waals surface area contributed by atoms with Crippen LogP contribution in [0.4, 0.5) is 0 Å². The number of benzene rings is 1. The number of carbonyl (C=O) groups is 1. The van der Waals surface area contributed by atoms with E-state index in [1.807, 2.05) is 0 Å². The Labute approximate surface area is 96.5 Å². The number of carbonyl (C=O) groups excluding carboxylic acids is 1. The van der Waals surface area contributed by atoms with Crippen molar-refractivity contribution in [2.45, 2.75) is 4.90 Å². The van der Waals surface area contributed by atoms with Crippen molar-refractivity contribution in [3.63, 3.8) is 0 Å². The predicted molar refractivity (Wildman–Crippen MR) is 57.7 cm³/mol. The van der Waals surface area contributed by atoms with E-state index >= 15 is 0 Å². The lowest BCUT2D eigenvalue weighted by Gasteiger charge is -2.02. The zero-order chi connectivity index (χ0) is 10.7. The highest BCUT2D eigenvalue weighted by Crippen LogP contribution is 2.23. The molecule has 1 rings (SSSR count). The molecule has 1 unspecified atom stereocenters. The molecule has 0 aliphatic carbocycles. The highest BCUT2D eigenvalue weighted by molar-refractivity contribution is 9.10. The van der Waals surface area contributed by atoms with Gasteiger partial charge in [-0.15, -0.1) is 0 Å². The van der Waals surface area contributed by atoms with E-state index in [1.54, 1.807) is 12.1 Å². The second-order valence-electron chi connectivity index (χ2n) is 2.36. The van der Waals surface area contributed by atoms with Crippen molar-refractivity contribution in [2.75, 3.05) is 7.11 Å². The Kier molecular flexibility index (Phi) is 4.10. The van der Waals surface area contributed by atoms with Crippen LogP contribution in [-0.4, -0.2) is 17.3 Å². The maximum absolute atomic E-state index is 11.1. The molecule has 0 radical (unpaired) electrons. The van der Waals surface area contributed by atoms with E-state index < -0.39 is 16.0 Å². The van der Waals surface area contributed by atoms with Crippen LogP contribution in [0.1, 0.15) is 10.4 Å². The standard InChI is InChI=1S/C8H6BrClO3S/c1-13-8(11)5-2-3-6(9)7(4-5)14(10)12/h2-4H,1H3. The third-order valence-corrected chi connectivity index (χ3v) is 3.66. The SMILES string of the molecule is COC(=O)c1ccc(Br)c(S(=O)Cl)c1. The summed E-state index contributed by atoms with van der Waals surface area (Å²) in [5.74, 6) is -0.485. The van der Waals surface area contributed by atoms with Gasteiger partial charge in [0.2, 0.25) is 0 Å². The molecule has 0 aromatic heterocycles. The van der Waals surface area contributed by atoms with Gasteiger partial charge in [-0.1, -0.05) is 0 Å². The summed E-state index contributed by atoms with van der Waals surface area (Å²) in [6.07, 6.45) is 0. The highest BCUT2D eigenvalue weighted by Gasteiger charge is 2.11. The summed E-state index contributed by atoms with van der Waals surface area (Å²) in [6, 6.07) is 4.59. The fraction of sp³-hybridized carbons (Fsp3) is 0.125. The van der Waals surface area contributed by atoms with Crippen molar-refractivity contribution >= 4 is 42.6 Å². The monoisotopic (exact) mass is 296 g/mol. The number of hydrogen-bond donors (Lipinski definition) is 0. The van der Waals surface area contributed by atoms with Gasteiger partial charge in [0.1, 0.15) is 10.0 Å². The van der Waals surface area contributed by atoms with Crippen LogP contribution in [-0.2, 0) is 14.7 Å². The van der Waals surface area contributed by atoms with Gasteiger partial charge in [-0.3, -0.25) is 0 Å². The van der Waals surface area contributed by atoms with Crippen LogP contribution < -0.4 is 0 Å². The molecule has 0 fully saturated rings. The minimum absolute atomic E-state index is 0.319. The molecule has 3 nitrogen and oxygen atoms in total. The molecule has 0 aliphatic heterocycles. The van der Waals surface area contributed by atoms with Gasteiger partial charge in [0.15, 0.2) is 0 Å². The molecule has 6 heteroatoms. The molecular formula is C8H6BrClO3S. The van der Waals surface area contributed by atoms with E-state index in [0.717, 1.165) is 0 Å². The summed E-state index contributed by atoms with van der Waals surface area (Å²) >= 11 is 3.17. The Hall–Kier alpha value is -0.390. The summed E-state index contributed by atoms with van der Waals surface area (Å²) in [6.45, 7) is 0. The minimum Gasteiger partial charge on any atom is -0.465 e. The number of hydrogen-bond acceptors (Lipinski definition) is 3. The highest BCUT2D eigenvalue weighted by atomic mass is 79.9. The second-order valence-corrected chi connectivity index (χ2v) is 4.94. The predicted octanol–water partition coefficient (Wildman–Crippen LogP) is 2.50. The molecule has 76 valence electrons. The van der Waals surface area contributed by atoms with Crippen LogP contribution >= 0.6 is 26.6 Å². The third kappa shape index (κ3) is 2.56. The molecule has 0 bridgehead atoms. The topological polar surface area (TPSA) is 43.4 Å². The molecule has 1 aromatic carbocycles. The first kappa shape index (κ1) is 11.7. The first-order valence-corrected chi connectivity index (χ1v) is 6.29. The lowest BCUT2D eigenvalue weighted by Crippen LogP contribution is -2.01. The molecule has 0 heterocycles. The molecule has 0 aliphatic rings. The molecule has 1 atom stereocenters. The van der Waals surface area contributed by atoms with Gasteiger partial charge < -0.3 is 4.74 Å². The number of esters is 1. The van der Waals surface area contributed by atoms with Gasteiger partial charge >= 0.3 is 5.97 Å². The van der Waals surface area contributed by atoms with Crippen molar-refractivity contribution in [1.82, 2.24) is 0 Å². The molecule has 1 aromatic rings. The summed E-state index contributed by atoms with van der Waals surface area (Å²) in [5, 5.41) is 0. The average molecular weight is 298 g/mol. The van der Waals surface area contributed by atoms with Crippen LogP contribution in [0.2, 0.25) is 0 Å². The molecule has 0 spiro atoms. The average Bonchev–Trinajstić information content (AvgIpc) is 2.17. The van der Waals surface area contributed by atoms with Crippen molar-refractivity contribution in [1.29, 1.82) is 0 Å². The lowest BCUT2D eigenvalue weighted by molar-refractivity contribution is 0.0600. The third-order valence-electron chi connectivity index (χ3n) is 1.53. The van der Waals surface area contributed by atoms with Crippen LogP contribution in [0, 0.1) is 0 Å². The quantitative estimate of drug-likeness (QED) is 0.622. The molecular weight excluding hydrogens is 292 g/mol. The number of halogens is 2. The summed E-state index contributed by atoms with van der Waals surface area (Å²) in [4.78, 5) is 11.5. The Morgan fingerprint density at radius 2 is 2.21 bits per heavy atom. The molecule has 14 heavy (non-hydrogen) atoms. The minimum atomic E-state index is -1.65. The Morgan fingerprint density at radius 1 is 1.57 bits per heavy atom. The zero-order valence-corrected chi connectivity index (χ0v) is 10.3. The van der Waals surface area contributed by atoms with Crippen molar-refractivity contribution in [2.24, 2.45) is 0 Å². The molecule has 0 amide bonds. The van der Waals surface area contributed by atoms with E-state index in [4.69, 9.17) is 10.7 Å². The first-order valence-electron chi connectivity index (χ1n) is 3.52. The van der Waals surface area contributed by atoms with Crippen LogP contribution in [0.25, 0.3) is 0 Å². The van der Waals surface area contributed by atoms with Crippen LogP contribution in [0.5, 0.6) is 0 Å². The van der Waals surface area contributed by atoms with Gasteiger partial charge in [-0.25, -0.2) is 9.00 Å². The Bertz CT molecular complexity index is 394. The number of rotatable bonds is 2. The maximum Gasteiger partial charge on any atom is 0.337 e. The van der Waals surface area contributed by atoms with Crippen molar-refractivity contribution in [3.8, 4) is 0 Å². The second kappa shape index (κ2) is 4.91. The van der Waals surface area contributed by atoms with Gasteiger partial charge in [0, 0.05) is 4.47 Å². The lowest BCUT2D eigenvalue weighted by atomic mass is 10.2. The normalized spacial score (nSPS) is 12.2. The summed E-state index contributed by atoms with van der Waals surface area (Å²) in [7, 11) is 5.05. The maximum atomic E-state index is 11.1. The fourth-order valence-corrected chi connectivity index (χ4v) is 2.66. The Morgan fingerprint density at radius 3 is 2.71 bits per heavy atom. The first-order chi connectivity index (χ1) is 6.56. The van der Waals surface area contributed by atoms with E-state index in [2.05, 4.69) is 20.7 Å². The van der Waals surface area contributed by atoms with Gasteiger partial charge in [0.25, 0.3) is 0 Å². The van der Waals surface area contributed by atoms with Gasteiger partial charge in [-0.05, 0) is 44.8 Å². The zero-order valence-electron chi connectivity index (χ0n) is 7.12. The van der Waals surface area contributed by atoms with Crippen molar-refractivity contribution in [3.05, 3.63) is 28.2 Å². The van der Waals surface area contributed by atoms with Crippen LogP contribution in [0.15, 0.2) is 27.6 Å². The molecule has 0 saturated heterocycles. The smallest absolute Gasteiger partial charge is 0.337 e. The largest absolute Gasteiger partial charge is 0.465 e. The van der Waals surface area contributed by atoms with Gasteiger partial charge in [-0.2, -0.15) is 0 Å². The number of methoxy groups -OCH3 is 1. The van der Waals surface area contributed by atoms with E-state index in [9.17, 15) is 9.00 Å². The van der Waals surface area contributed by atoms with E-state index in [1.165, 1.54) is 13.2 Å². The van der Waals surface area contributed by atoms with E-state index in [-0.39, 0.29) is 0 Å². The summed E-state index contributed by atoms with van der Waals surface area (Å²) in [5.41, 5.74) is 0.319. The number of ether oxygens (including phenoxy) is 1. The van der Waals surface area contributed by atoms with E-state index in [0.29, 0.717) is 14.9 Å². The Balaban J connectivity index is 3.19. The van der Waals surface area contributed by atoms with Crippen LogP contribution in [0.3, 0.4) is 0 Å². The van der Waals surface area contributed by atoms with Gasteiger partial charge in [0.05, 0.1) is 17.6 Å². The molecule has 0 N–H and O–H groups in total. The summed E-state index contributed by atoms with van der Waals surface area (Å²) < 4.78 is 16.1.